The van der Waals surface area contributed by atoms with Crippen LogP contribution in [0.1, 0.15) is 53.4 Å². The highest BCUT2D eigenvalue weighted by atomic mass is 16.5. The van der Waals surface area contributed by atoms with Crippen molar-refractivity contribution in [2.75, 3.05) is 19.8 Å². The lowest BCUT2D eigenvalue weighted by molar-refractivity contribution is 0.0502. The first-order valence-electron chi connectivity index (χ1n) is 7.44. The molecule has 1 N–H and O–H groups in total. The normalized spacial score (nSPS) is 21.7. The molecular weight excluding hydrogens is 210 g/mol. The van der Waals surface area contributed by atoms with Crippen LogP contribution in [0, 0.1) is 17.8 Å². The zero-order valence-corrected chi connectivity index (χ0v) is 12.2. The molecule has 2 nitrogen and oxygen atoms in total. The van der Waals surface area contributed by atoms with E-state index in [4.69, 9.17) is 4.74 Å². The maximum Gasteiger partial charge on any atom is 0.0469 e. The molecule has 1 heterocycles. The van der Waals surface area contributed by atoms with Gasteiger partial charge in [0.1, 0.15) is 0 Å². The number of ether oxygens (including phenoxy) is 1. The van der Waals surface area contributed by atoms with Crippen LogP contribution < -0.4 is 5.32 Å². The second kappa shape index (κ2) is 8.10. The molecule has 1 rings (SSSR count). The lowest BCUT2D eigenvalue weighted by atomic mass is 9.83. The summed E-state index contributed by atoms with van der Waals surface area (Å²) >= 11 is 0. The topological polar surface area (TPSA) is 21.3 Å². The van der Waals surface area contributed by atoms with Crippen LogP contribution in [0.15, 0.2) is 0 Å². The number of rotatable bonds is 7. The van der Waals surface area contributed by atoms with Gasteiger partial charge < -0.3 is 10.1 Å². The van der Waals surface area contributed by atoms with Crippen molar-refractivity contribution < 1.29 is 4.74 Å². The minimum atomic E-state index is 0.706. The molecule has 0 aromatic heterocycles. The van der Waals surface area contributed by atoms with E-state index in [1.54, 1.807) is 0 Å². The molecule has 0 spiro atoms. The second-order valence-corrected chi connectivity index (χ2v) is 6.08. The number of hydrogen-bond acceptors (Lipinski definition) is 2. The molecule has 2 atom stereocenters. The highest BCUT2D eigenvalue weighted by Gasteiger charge is 2.24. The SMILES string of the molecule is CCNC(CC(C)CC(C)C)C1CCOCC1. The first-order valence-corrected chi connectivity index (χ1v) is 7.44. The Morgan fingerprint density at radius 3 is 2.29 bits per heavy atom. The minimum Gasteiger partial charge on any atom is -0.381 e. The van der Waals surface area contributed by atoms with E-state index in [0.29, 0.717) is 6.04 Å². The van der Waals surface area contributed by atoms with Crippen LogP contribution >= 0.6 is 0 Å². The predicted octanol–water partition coefficient (Wildman–Crippen LogP) is 3.46. The average Bonchev–Trinajstić information content (AvgIpc) is 2.28. The molecule has 1 saturated heterocycles. The molecule has 0 bridgehead atoms. The van der Waals surface area contributed by atoms with E-state index in [9.17, 15) is 0 Å². The van der Waals surface area contributed by atoms with Crippen molar-refractivity contribution in [1.29, 1.82) is 0 Å². The summed E-state index contributed by atoms with van der Waals surface area (Å²) in [5, 5.41) is 3.70. The summed E-state index contributed by atoms with van der Waals surface area (Å²) in [6.07, 6.45) is 5.17. The third kappa shape index (κ3) is 5.87. The van der Waals surface area contributed by atoms with Gasteiger partial charge in [0.15, 0.2) is 0 Å². The minimum absolute atomic E-state index is 0.706. The molecule has 0 aromatic carbocycles. The molecular formula is C15H31NO. The van der Waals surface area contributed by atoms with E-state index < -0.39 is 0 Å². The highest BCUT2D eigenvalue weighted by Crippen LogP contribution is 2.25. The van der Waals surface area contributed by atoms with Crippen LogP contribution in [0.4, 0.5) is 0 Å². The van der Waals surface area contributed by atoms with Crippen LogP contribution in [-0.2, 0) is 4.74 Å². The summed E-state index contributed by atoms with van der Waals surface area (Å²) in [5.41, 5.74) is 0. The molecule has 0 amide bonds. The Labute approximate surface area is 108 Å². The molecule has 2 heteroatoms. The Morgan fingerprint density at radius 1 is 1.12 bits per heavy atom. The largest absolute Gasteiger partial charge is 0.381 e. The van der Waals surface area contributed by atoms with Crippen LogP contribution in [0.3, 0.4) is 0 Å². The first-order chi connectivity index (χ1) is 8.13. The lowest BCUT2D eigenvalue weighted by Crippen LogP contribution is -2.40. The Bertz CT molecular complexity index is 187. The maximum absolute atomic E-state index is 5.47. The molecule has 0 radical (unpaired) electrons. The van der Waals surface area contributed by atoms with Gasteiger partial charge in [-0.3, -0.25) is 0 Å². The van der Waals surface area contributed by atoms with Gasteiger partial charge in [0.2, 0.25) is 0 Å². The monoisotopic (exact) mass is 241 g/mol. The van der Waals surface area contributed by atoms with E-state index in [1.807, 2.05) is 0 Å². The quantitative estimate of drug-likeness (QED) is 0.737. The highest BCUT2D eigenvalue weighted by molar-refractivity contribution is 4.80. The van der Waals surface area contributed by atoms with Crippen LogP contribution in [-0.4, -0.2) is 25.8 Å². The molecule has 1 fully saturated rings. The van der Waals surface area contributed by atoms with E-state index >= 15 is 0 Å². The van der Waals surface area contributed by atoms with Crippen molar-refractivity contribution in [2.24, 2.45) is 17.8 Å². The van der Waals surface area contributed by atoms with Gasteiger partial charge in [-0.25, -0.2) is 0 Å². The fourth-order valence-electron chi connectivity index (χ4n) is 3.16. The molecule has 0 aliphatic carbocycles. The molecule has 1 aliphatic heterocycles. The number of nitrogens with one attached hydrogen (secondary N) is 1. The van der Waals surface area contributed by atoms with Crippen molar-refractivity contribution in [3.05, 3.63) is 0 Å². The van der Waals surface area contributed by atoms with Crippen molar-refractivity contribution in [3.8, 4) is 0 Å². The summed E-state index contributed by atoms with van der Waals surface area (Å²) < 4.78 is 5.47. The summed E-state index contributed by atoms with van der Waals surface area (Å²) in [5.74, 6) is 2.49. The Hall–Kier alpha value is -0.0800. The molecule has 17 heavy (non-hydrogen) atoms. The van der Waals surface area contributed by atoms with Crippen molar-refractivity contribution in [2.45, 2.75) is 59.4 Å². The van der Waals surface area contributed by atoms with Crippen molar-refractivity contribution in [3.63, 3.8) is 0 Å². The third-order valence-corrected chi connectivity index (χ3v) is 3.83. The van der Waals surface area contributed by atoms with Gasteiger partial charge in [-0.15, -0.1) is 0 Å². The summed E-state index contributed by atoms with van der Waals surface area (Å²) in [6, 6.07) is 0.706. The van der Waals surface area contributed by atoms with E-state index in [2.05, 4.69) is 33.0 Å². The van der Waals surface area contributed by atoms with Gasteiger partial charge in [0.25, 0.3) is 0 Å². The maximum atomic E-state index is 5.47. The smallest absolute Gasteiger partial charge is 0.0469 e. The van der Waals surface area contributed by atoms with Gasteiger partial charge in [0.05, 0.1) is 0 Å². The second-order valence-electron chi connectivity index (χ2n) is 6.08. The first kappa shape index (κ1) is 15.0. The van der Waals surface area contributed by atoms with Gasteiger partial charge in [-0.1, -0.05) is 27.7 Å². The number of hydrogen-bond donors (Lipinski definition) is 1. The molecule has 0 aromatic rings. The van der Waals surface area contributed by atoms with Crippen molar-refractivity contribution >= 4 is 0 Å². The molecule has 1 aliphatic rings. The van der Waals surface area contributed by atoms with Crippen LogP contribution in [0.5, 0.6) is 0 Å². The summed E-state index contributed by atoms with van der Waals surface area (Å²) in [6.45, 7) is 12.3. The summed E-state index contributed by atoms with van der Waals surface area (Å²) in [7, 11) is 0. The van der Waals surface area contributed by atoms with Gasteiger partial charge >= 0.3 is 0 Å². The Kier molecular flexibility index (Phi) is 7.14. The van der Waals surface area contributed by atoms with Gasteiger partial charge in [-0.05, 0) is 50.0 Å². The lowest BCUT2D eigenvalue weighted by Gasteiger charge is -2.33. The zero-order chi connectivity index (χ0) is 12.7. The standard InChI is InChI=1S/C15H31NO/c1-5-16-15(11-13(4)10-12(2)3)14-6-8-17-9-7-14/h12-16H,5-11H2,1-4H3. The Morgan fingerprint density at radius 2 is 1.76 bits per heavy atom. The predicted molar refractivity (Wildman–Crippen MR) is 74.2 cm³/mol. The van der Waals surface area contributed by atoms with Crippen molar-refractivity contribution in [1.82, 2.24) is 5.32 Å². The molecule has 0 saturated carbocycles. The Balaban J connectivity index is 2.40. The molecule has 102 valence electrons. The zero-order valence-electron chi connectivity index (χ0n) is 12.2. The van der Waals surface area contributed by atoms with Crippen LogP contribution in [0.25, 0.3) is 0 Å². The van der Waals surface area contributed by atoms with E-state index in [0.717, 1.165) is 37.5 Å². The third-order valence-electron chi connectivity index (χ3n) is 3.83. The van der Waals surface area contributed by atoms with E-state index in [-0.39, 0.29) is 0 Å². The fraction of sp³-hybridized carbons (Fsp3) is 1.00. The molecule has 2 unspecified atom stereocenters. The van der Waals surface area contributed by atoms with Gasteiger partial charge in [0, 0.05) is 19.3 Å². The average molecular weight is 241 g/mol. The van der Waals surface area contributed by atoms with Crippen LogP contribution in [0.2, 0.25) is 0 Å². The fourth-order valence-corrected chi connectivity index (χ4v) is 3.16. The van der Waals surface area contributed by atoms with Gasteiger partial charge in [-0.2, -0.15) is 0 Å². The van der Waals surface area contributed by atoms with E-state index in [1.165, 1.54) is 25.7 Å². The summed E-state index contributed by atoms with van der Waals surface area (Å²) in [4.78, 5) is 0.